The van der Waals surface area contributed by atoms with Crippen LogP contribution in [0.25, 0.3) is 21.8 Å². The molecule has 0 saturated heterocycles. The highest BCUT2D eigenvalue weighted by atomic mass is 127. The third-order valence-electron chi connectivity index (χ3n) is 3.14. The van der Waals surface area contributed by atoms with Crippen molar-refractivity contribution in [2.24, 2.45) is 7.05 Å². The van der Waals surface area contributed by atoms with Crippen LogP contribution in [0.5, 0.6) is 0 Å². The van der Waals surface area contributed by atoms with Crippen LogP contribution in [-0.4, -0.2) is 0 Å². The number of rotatable bonds is 0. The first kappa shape index (κ1) is 12.9. The topological polar surface area (TPSA) is 55.9 Å². The summed E-state index contributed by atoms with van der Waals surface area (Å²) in [4.78, 5) is 0. The van der Waals surface area contributed by atoms with Crippen LogP contribution in [0.15, 0.2) is 42.5 Å². The zero-order valence-corrected chi connectivity index (χ0v) is 12.2. The van der Waals surface area contributed by atoms with Crippen molar-refractivity contribution in [2.75, 3.05) is 11.5 Å². The first-order valence-electron chi connectivity index (χ1n) is 5.53. The van der Waals surface area contributed by atoms with E-state index in [2.05, 4.69) is 10.6 Å². The summed E-state index contributed by atoms with van der Waals surface area (Å²) in [5.74, 6) is 0. The van der Waals surface area contributed by atoms with Gasteiger partial charge in [-0.1, -0.05) is 0 Å². The van der Waals surface area contributed by atoms with Gasteiger partial charge in [-0.15, -0.1) is 0 Å². The number of hydrogen-bond donors (Lipinski definition) is 2. The van der Waals surface area contributed by atoms with Crippen LogP contribution < -0.4 is 40.0 Å². The molecule has 0 saturated carbocycles. The maximum Gasteiger partial charge on any atom is 0.214 e. The molecule has 1 aromatic heterocycles. The molecule has 0 unspecified atom stereocenters. The smallest absolute Gasteiger partial charge is 0.214 e. The van der Waals surface area contributed by atoms with Crippen molar-refractivity contribution in [3.8, 4) is 0 Å². The van der Waals surface area contributed by atoms with Gasteiger partial charge in [0.2, 0.25) is 11.0 Å². The van der Waals surface area contributed by atoms with Gasteiger partial charge in [0.1, 0.15) is 7.05 Å². The summed E-state index contributed by atoms with van der Waals surface area (Å²) in [7, 11) is 2.03. The molecular weight excluding hydrogens is 337 g/mol. The molecule has 0 aliphatic heterocycles. The first-order chi connectivity index (χ1) is 8.15. The summed E-state index contributed by atoms with van der Waals surface area (Å²) in [6.45, 7) is 0. The van der Waals surface area contributed by atoms with E-state index in [4.69, 9.17) is 11.5 Å². The Hall–Kier alpha value is -1.56. The largest absolute Gasteiger partial charge is 1.00 e. The van der Waals surface area contributed by atoms with Gasteiger partial charge in [0, 0.05) is 34.3 Å². The Bertz CT molecular complexity index is 678. The molecular formula is C14H14IN3. The monoisotopic (exact) mass is 351 g/mol. The summed E-state index contributed by atoms with van der Waals surface area (Å²) in [5.41, 5.74) is 15.4. The minimum Gasteiger partial charge on any atom is -1.00 e. The van der Waals surface area contributed by atoms with Crippen molar-refractivity contribution in [1.82, 2.24) is 0 Å². The number of nitrogens with two attached hydrogens (primary N) is 2. The van der Waals surface area contributed by atoms with Crippen LogP contribution in [0.2, 0.25) is 0 Å². The lowest BCUT2D eigenvalue weighted by atomic mass is 10.1. The lowest BCUT2D eigenvalue weighted by Gasteiger charge is -2.03. The normalized spacial score (nSPS) is 10.5. The molecule has 3 aromatic rings. The van der Waals surface area contributed by atoms with E-state index in [-0.39, 0.29) is 24.0 Å². The van der Waals surface area contributed by atoms with E-state index in [1.165, 1.54) is 10.8 Å². The molecule has 3 rings (SSSR count). The molecule has 0 fully saturated rings. The maximum atomic E-state index is 5.83. The molecule has 0 amide bonds. The average molecular weight is 351 g/mol. The molecule has 0 spiro atoms. The molecule has 92 valence electrons. The van der Waals surface area contributed by atoms with Gasteiger partial charge >= 0.3 is 0 Å². The van der Waals surface area contributed by atoms with Crippen LogP contribution in [-0.2, 0) is 7.05 Å². The van der Waals surface area contributed by atoms with Gasteiger partial charge in [-0.05, 0) is 30.3 Å². The highest BCUT2D eigenvalue weighted by molar-refractivity contribution is 5.90. The van der Waals surface area contributed by atoms with Crippen molar-refractivity contribution < 1.29 is 28.5 Å². The second-order valence-electron chi connectivity index (χ2n) is 4.34. The van der Waals surface area contributed by atoms with Gasteiger partial charge in [0.05, 0.1) is 0 Å². The number of nitrogen functional groups attached to an aromatic ring is 2. The Kier molecular flexibility index (Phi) is 3.30. The third-order valence-corrected chi connectivity index (χ3v) is 3.14. The summed E-state index contributed by atoms with van der Waals surface area (Å²) in [5, 5.41) is 2.36. The summed E-state index contributed by atoms with van der Waals surface area (Å²) < 4.78 is 2.12. The van der Waals surface area contributed by atoms with Crippen molar-refractivity contribution in [2.45, 2.75) is 0 Å². The van der Waals surface area contributed by atoms with Gasteiger partial charge in [-0.3, -0.25) is 0 Å². The molecule has 0 bridgehead atoms. The Morgan fingerprint density at radius 3 is 1.67 bits per heavy atom. The number of halogens is 1. The van der Waals surface area contributed by atoms with E-state index >= 15 is 0 Å². The molecule has 2 aromatic carbocycles. The van der Waals surface area contributed by atoms with Crippen molar-refractivity contribution in [3.05, 3.63) is 42.5 Å². The Morgan fingerprint density at radius 1 is 0.778 bits per heavy atom. The number of benzene rings is 2. The molecule has 0 aliphatic carbocycles. The molecule has 0 atom stereocenters. The number of hydrogen-bond acceptors (Lipinski definition) is 2. The number of pyridine rings is 1. The van der Waals surface area contributed by atoms with Crippen LogP contribution in [0, 0.1) is 0 Å². The second-order valence-corrected chi connectivity index (χ2v) is 4.34. The standard InChI is InChI=1S/C14H13N3.HI/c1-17-13-7-11(15)4-2-9(13)6-10-3-5-12(16)8-14(10)17;/h2-8H,1H3,(H3,15,16);1H. The number of aromatic nitrogens is 1. The maximum absolute atomic E-state index is 5.83. The number of fused-ring (bicyclic) bond motifs is 2. The molecule has 18 heavy (non-hydrogen) atoms. The summed E-state index contributed by atoms with van der Waals surface area (Å²) in [6, 6.07) is 14.1. The molecule has 1 heterocycles. The third kappa shape index (κ3) is 1.96. The Balaban J connectivity index is 0.00000120. The predicted molar refractivity (Wildman–Crippen MR) is 71.5 cm³/mol. The number of nitrogens with zero attached hydrogens (tertiary/aromatic N) is 1. The van der Waals surface area contributed by atoms with Gasteiger partial charge in [-0.2, -0.15) is 4.57 Å². The first-order valence-corrected chi connectivity index (χ1v) is 5.53. The van der Waals surface area contributed by atoms with E-state index in [9.17, 15) is 0 Å². The van der Waals surface area contributed by atoms with E-state index in [1.54, 1.807) is 0 Å². The average Bonchev–Trinajstić information content (AvgIpc) is 2.32. The summed E-state index contributed by atoms with van der Waals surface area (Å²) >= 11 is 0. The quantitative estimate of drug-likeness (QED) is 0.236. The van der Waals surface area contributed by atoms with E-state index < -0.39 is 0 Å². The van der Waals surface area contributed by atoms with Crippen LogP contribution in [0.3, 0.4) is 0 Å². The SMILES string of the molecule is C[n+]1c2cc(N)ccc2cc2ccc(N)cc21.[I-]. The van der Waals surface area contributed by atoms with Gasteiger partial charge in [0.25, 0.3) is 0 Å². The minimum atomic E-state index is 0. The van der Waals surface area contributed by atoms with Crippen LogP contribution in [0.1, 0.15) is 0 Å². The Labute approximate surface area is 122 Å². The Morgan fingerprint density at radius 2 is 1.22 bits per heavy atom. The minimum absolute atomic E-state index is 0. The molecule has 0 radical (unpaired) electrons. The molecule has 0 aliphatic rings. The zero-order valence-electron chi connectivity index (χ0n) is 10.0. The van der Waals surface area contributed by atoms with Crippen molar-refractivity contribution in [1.29, 1.82) is 0 Å². The van der Waals surface area contributed by atoms with Crippen LogP contribution in [0.4, 0.5) is 11.4 Å². The van der Waals surface area contributed by atoms with E-state index in [1.807, 2.05) is 43.4 Å². The summed E-state index contributed by atoms with van der Waals surface area (Å²) in [6.07, 6.45) is 0. The molecule has 4 N–H and O–H groups in total. The highest BCUT2D eigenvalue weighted by Gasteiger charge is 2.11. The lowest BCUT2D eigenvalue weighted by molar-refractivity contribution is -0.617. The fourth-order valence-corrected chi connectivity index (χ4v) is 2.24. The fourth-order valence-electron chi connectivity index (χ4n) is 2.24. The van der Waals surface area contributed by atoms with E-state index in [0.29, 0.717) is 0 Å². The molecule has 3 nitrogen and oxygen atoms in total. The van der Waals surface area contributed by atoms with E-state index in [0.717, 1.165) is 22.4 Å². The van der Waals surface area contributed by atoms with Crippen molar-refractivity contribution >= 4 is 33.2 Å². The predicted octanol–water partition coefficient (Wildman–Crippen LogP) is -1.01. The second kappa shape index (κ2) is 4.61. The number of anilines is 2. The van der Waals surface area contributed by atoms with Gasteiger partial charge in [-0.25, -0.2) is 0 Å². The van der Waals surface area contributed by atoms with Gasteiger partial charge < -0.3 is 35.4 Å². The number of aryl methyl sites for hydroxylation is 1. The van der Waals surface area contributed by atoms with Crippen LogP contribution >= 0.6 is 0 Å². The fraction of sp³-hybridized carbons (Fsp3) is 0.0714. The molecule has 4 heteroatoms. The van der Waals surface area contributed by atoms with Crippen molar-refractivity contribution in [3.63, 3.8) is 0 Å². The zero-order chi connectivity index (χ0) is 12.0. The van der Waals surface area contributed by atoms with Gasteiger partial charge in [0.15, 0.2) is 0 Å². The lowest BCUT2D eigenvalue weighted by Crippen LogP contribution is -3.00. The highest BCUT2D eigenvalue weighted by Crippen LogP contribution is 2.21.